The highest BCUT2D eigenvalue weighted by molar-refractivity contribution is 7.17. The van der Waals surface area contributed by atoms with E-state index in [1.54, 1.807) is 24.3 Å². The fraction of sp³-hybridized carbons (Fsp3) is 0.250. The van der Waals surface area contributed by atoms with Crippen LogP contribution in [0, 0.1) is 11.3 Å². The standard InChI is InChI=1S/C16H13NO3S/c17-9-11-8-10(14-6-7-15(21-14)16(18)19)4-5-13(11)20-12-2-1-3-12/h4-8,12H,1-3H2,(H,18,19). The molecule has 0 spiro atoms. The van der Waals surface area contributed by atoms with Gasteiger partial charge in [-0.05, 0) is 55.2 Å². The summed E-state index contributed by atoms with van der Waals surface area (Å²) in [6.45, 7) is 0. The maximum Gasteiger partial charge on any atom is 0.345 e. The van der Waals surface area contributed by atoms with E-state index >= 15 is 0 Å². The highest BCUT2D eigenvalue weighted by atomic mass is 32.1. The van der Waals surface area contributed by atoms with Crippen molar-refractivity contribution in [2.75, 3.05) is 0 Å². The summed E-state index contributed by atoms with van der Waals surface area (Å²) in [7, 11) is 0. The van der Waals surface area contributed by atoms with Crippen LogP contribution in [0.5, 0.6) is 5.75 Å². The predicted molar refractivity (Wildman–Crippen MR) is 79.7 cm³/mol. The molecule has 5 heteroatoms. The molecule has 1 aromatic heterocycles. The second kappa shape index (κ2) is 5.58. The molecule has 4 nitrogen and oxygen atoms in total. The minimum atomic E-state index is -0.934. The van der Waals surface area contributed by atoms with Crippen LogP contribution in [0.2, 0.25) is 0 Å². The largest absolute Gasteiger partial charge is 0.489 e. The molecule has 21 heavy (non-hydrogen) atoms. The molecule has 0 radical (unpaired) electrons. The molecule has 106 valence electrons. The number of carbonyl (C=O) groups is 1. The highest BCUT2D eigenvalue weighted by Gasteiger charge is 2.20. The van der Waals surface area contributed by atoms with Gasteiger partial charge in [-0.1, -0.05) is 0 Å². The highest BCUT2D eigenvalue weighted by Crippen LogP contribution is 2.33. The van der Waals surface area contributed by atoms with Crippen LogP contribution in [-0.4, -0.2) is 17.2 Å². The van der Waals surface area contributed by atoms with E-state index in [9.17, 15) is 10.1 Å². The molecule has 1 aliphatic carbocycles. The lowest BCUT2D eigenvalue weighted by Crippen LogP contribution is -2.24. The van der Waals surface area contributed by atoms with Crippen LogP contribution >= 0.6 is 11.3 Å². The minimum Gasteiger partial charge on any atom is -0.489 e. The third-order valence-electron chi connectivity index (χ3n) is 3.55. The zero-order chi connectivity index (χ0) is 14.8. The maximum atomic E-state index is 10.9. The third-order valence-corrected chi connectivity index (χ3v) is 4.67. The number of nitriles is 1. The Bertz CT molecular complexity index is 725. The molecule has 0 bridgehead atoms. The Morgan fingerprint density at radius 3 is 2.71 bits per heavy atom. The zero-order valence-corrected chi connectivity index (χ0v) is 12.0. The topological polar surface area (TPSA) is 70.3 Å². The van der Waals surface area contributed by atoms with E-state index in [1.165, 1.54) is 17.8 Å². The van der Waals surface area contributed by atoms with E-state index in [1.807, 2.05) is 6.07 Å². The lowest BCUT2D eigenvalue weighted by Gasteiger charge is -2.26. The van der Waals surface area contributed by atoms with Crippen molar-refractivity contribution in [3.05, 3.63) is 40.8 Å². The monoisotopic (exact) mass is 299 g/mol. The van der Waals surface area contributed by atoms with Gasteiger partial charge in [0.2, 0.25) is 0 Å². The molecule has 0 atom stereocenters. The van der Waals surface area contributed by atoms with E-state index in [0.29, 0.717) is 16.2 Å². The molecule has 1 saturated carbocycles. The molecule has 0 unspecified atom stereocenters. The van der Waals surface area contributed by atoms with Crippen LogP contribution in [-0.2, 0) is 0 Å². The number of ether oxygens (including phenoxy) is 1. The van der Waals surface area contributed by atoms with Crippen molar-refractivity contribution in [3.63, 3.8) is 0 Å². The number of rotatable bonds is 4. The van der Waals surface area contributed by atoms with Crippen LogP contribution in [0.1, 0.15) is 34.5 Å². The summed E-state index contributed by atoms with van der Waals surface area (Å²) in [4.78, 5) is 12.0. The van der Waals surface area contributed by atoms with Gasteiger partial charge in [0.1, 0.15) is 16.7 Å². The summed E-state index contributed by atoms with van der Waals surface area (Å²) in [5.41, 5.74) is 1.33. The molecule has 0 amide bonds. The Morgan fingerprint density at radius 2 is 2.14 bits per heavy atom. The Hall–Kier alpha value is -2.32. The van der Waals surface area contributed by atoms with Gasteiger partial charge in [-0.3, -0.25) is 0 Å². The van der Waals surface area contributed by atoms with E-state index in [0.717, 1.165) is 23.3 Å². The number of carboxylic acids is 1. The van der Waals surface area contributed by atoms with Gasteiger partial charge in [0.05, 0.1) is 11.7 Å². The molecule has 0 saturated heterocycles. The number of benzene rings is 1. The van der Waals surface area contributed by atoms with Gasteiger partial charge in [-0.15, -0.1) is 11.3 Å². The Morgan fingerprint density at radius 1 is 1.33 bits per heavy atom. The first kappa shape index (κ1) is 13.7. The summed E-state index contributed by atoms with van der Waals surface area (Å²) in [5.74, 6) is -0.322. The minimum absolute atomic E-state index is 0.225. The summed E-state index contributed by atoms with van der Waals surface area (Å²) in [6, 6.07) is 10.9. The van der Waals surface area contributed by atoms with E-state index in [2.05, 4.69) is 6.07 Å². The fourth-order valence-electron chi connectivity index (χ4n) is 2.15. The molecule has 1 heterocycles. The van der Waals surface area contributed by atoms with Crippen molar-refractivity contribution in [2.45, 2.75) is 25.4 Å². The second-order valence-corrected chi connectivity index (χ2v) is 6.05. The Kier molecular flexibility index (Phi) is 3.63. The summed E-state index contributed by atoms with van der Waals surface area (Å²) in [5, 5.41) is 18.2. The quantitative estimate of drug-likeness (QED) is 0.929. The third kappa shape index (κ3) is 2.76. The van der Waals surface area contributed by atoms with Crippen molar-refractivity contribution in [1.82, 2.24) is 0 Å². The first-order valence-corrected chi connectivity index (χ1v) is 7.53. The van der Waals surface area contributed by atoms with Gasteiger partial charge in [0.15, 0.2) is 0 Å². The number of aromatic carboxylic acids is 1. The van der Waals surface area contributed by atoms with Gasteiger partial charge in [-0.25, -0.2) is 4.79 Å². The molecule has 0 aliphatic heterocycles. The molecule has 1 aromatic carbocycles. The van der Waals surface area contributed by atoms with Gasteiger partial charge < -0.3 is 9.84 Å². The summed E-state index contributed by atoms with van der Waals surface area (Å²) in [6.07, 6.45) is 3.49. The van der Waals surface area contributed by atoms with Crippen molar-refractivity contribution < 1.29 is 14.6 Å². The van der Waals surface area contributed by atoms with Crippen molar-refractivity contribution >= 4 is 17.3 Å². The summed E-state index contributed by atoms with van der Waals surface area (Å²) >= 11 is 1.20. The molecule has 1 fully saturated rings. The SMILES string of the molecule is N#Cc1cc(-c2ccc(C(=O)O)s2)ccc1OC1CCC1. The first-order valence-electron chi connectivity index (χ1n) is 6.71. The molecule has 1 N–H and O–H groups in total. The molecule has 1 aliphatic rings. The zero-order valence-electron chi connectivity index (χ0n) is 11.2. The van der Waals surface area contributed by atoms with Crippen molar-refractivity contribution in [3.8, 4) is 22.3 Å². The average molecular weight is 299 g/mol. The number of hydrogen-bond donors (Lipinski definition) is 1. The van der Waals surface area contributed by atoms with Gasteiger partial charge >= 0.3 is 5.97 Å². The number of thiophene rings is 1. The molecule has 3 rings (SSSR count). The Balaban J connectivity index is 1.89. The average Bonchev–Trinajstić information content (AvgIpc) is 2.92. The normalized spacial score (nSPS) is 14.2. The second-order valence-electron chi connectivity index (χ2n) is 4.96. The van der Waals surface area contributed by atoms with E-state index in [-0.39, 0.29) is 6.10 Å². The maximum absolute atomic E-state index is 10.9. The van der Waals surface area contributed by atoms with Crippen LogP contribution in [0.15, 0.2) is 30.3 Å². The molecular formula is C16H13NO3S. The van der Waals surface area contributed by atoms with Gasteiger partial charge in [0.25, 0.3) is 0 Å². The predicted octanol–water partition coefficient (Wildman–Crippen LogP) is 3.92. The van der Waals surface area contributed by atoms with Gasteiger partial charge in [-0.2, -0.15) is 5.26 Å². The van der Waals surface area contributed by atoms with Crippen LogP contribution in [0.4, 0.5) is 0 Å². The fourth-order valence-corrected chi connectivity index (χ4v) is 2.99. The van der Waals surface area contributed by atoms with E-state index in [4.69, 9.17) is 9.84 Å². The number of nitrogens with zero attached hydrogens (tertiary/aromatic N) is 1. The molecule has 2 aromatic rings. The first-order chi connectivity index (χ1) is 10.2. The smallest absolute Gasteiger partial charge is 0.345 e. The van der Waals surface area contributed by atoms with Crippen LogP contribution in [0.25, 0.3) is 10.4 Å². The summed E-state index contributed by atoms with van der Waals surface area (Å²) < 4.78 is 5.79. The van der Waals surface area contributed by atoms with Crippen LogP contribution < -0.4 is 4.74 Å². The van der Waals surface area contributed by atoms with Crippen molar-refractivity contribution in [2.24, 2.45) is 0 Å². The molecular weight excluding hydrogens is 286 g/mol. The van der Waals surface area contributed by atoms with Gasteiger partial charge in [0, 0.05) is 4.88 Å². The van der Waals surface area contributed by atoms with Crippen LogP contribution in [0.3, 0.4) is 0 Å². The lowest BCUT2D eigenvalue weighted by molar-refractivity contribution is 0.0702. The van der Waals surface area contributed by atoms with E-state index < -0.39 is 5.97 Å². The number of carboxylic acid groups (broad SMARTS) is 1. The number of hydrogen-bond acceptors (Lipinski definition) is 4. The Labute approximate surface area is 126 Å². The lowest BCUT2D eigenvalue weighted by atomic mass is 9.96. The van der Waals surface area contributed by atoms with Crippen molar-refractivity contribution in [1.29, 1.82) is 5.26 Å².